The van der Waals surface area contributed by atoms with Gasteiger partial charge in [-0.2, -0.15) is 0 Å². The van der Waals surface area contributed by atoms with Crippen LogP contribution in [0.2, 0.25) is 0 Å². The van der Waals surface area contributed by atoms with Gasteiger partial charge in [-0.05, 0) is 36.8 Å². The largest absolute Gasteiger partial charge is 0.361 e. The van der Waals surface area contributed by atoms with Crippen LogP contribution < -0.4 is 5.32 Å². The van der Waals surface area contributed by atoms with E-state index >= 15 is 0 Å². The molecule has 0 aliphatic rings. The van der Waals surface area contributed by atoms with E-state index in [0.29, 0.717) is 12.1 Å². The average Bonchev–Trinajstić information content (AvgIpc) is 2.92. The fraction of sp³-hybridized carbons (Fsp3) is 0.118. The molecule has 0 fully saturated rings. The Hall–Kier alpha value is -2.55. The van der Waals surface area contributed by atoms with E-state index in [0.717, 1.165) is 16.5 Å². The quantitative estimate of drug-likeness (QED) is 0.748. The van der Waals surface area contributed by atoms with Gasteiger partial charge in [-0.25, -0.2) is 0 Å². The molecule has 0 saturated carbocycles. The van der Waals surface area contributed by atoms with Crippen molar-refractivity contribution in [2.45, 2.75) is 13.5 Å². The van der Waals surface area contributed by atoms with Gasteiger partial charge < -0.3 is 10.3 Å². The SMILES string of the molecule is Cc1cccc(CNC(=O)c2ccc3[nH]ccc3c2)c1. The molecule has 0 bridgehead atoms. The molecule has 3 heteroatoms. The number of carbonyl (C=O) groups excluding carboxylic acids is 1. The zero-order chi connectivity index (χ0) is 13.9. The minimum atomic E-state index is -0.0467. The standard InChI is InChI=1S/C17H16N2O/c1-12-3-2-4-13(9-12)11-19-17(20)15-5-6-16-14(10-15)7-8-18-16/h2-10,18H,11H2,1H3,(H,19,20). The van der Waals surface area contributed by atoms with Crippen LogP contribution in [0.3, 0.4) is 0 Å². The topological polar surface area (TPSA) is 44.9 Å². The van der Waals surface area contributed by atoms with E-state index in [-0.39, 0.29) is 5.91 Å². The molecular formula is C17H16N2O. The number of benzene rings is 2. The monoisotopic (exact) mass is 264 g/mol. The molecule has 0 unspecified atom stereocenters. The number of hydrogen-bond acceptors (Lipinski definition) is 1. The number of hydrogen-bond donors (Lipinski definition) is 2. The molecule has 2 N–H and O–H groups in total. The highest BCUT2D eigenvalue weighted by atomic mass is 16.1. The van der Waals surface area contributed by atoms with Crippen LogP contribution in [0.15, 0.2) is 54.7 Å². The second-order valence-corrected chi connectivity index (χ2v) is 4.95. The van der Waals surface area contributed by atoms with Crippen LogP contribution in [0.5, 0.6) is 0 Å². The molecular weight excluding hydrogens is 248 g/mol. The van der Waals surface area contributed by atoms with Gasteiger partial charge in [0.2, 0.25) is 0 Å². The van der Waals surface area contributed by atoms with Crippen molar-refractivity contribution in [1.82, 2.24) is 10.3 Å². The predicted octanol–water partition coefficient (Wildman–Crippen LogP) is 3.41. The summed E-state index contributed by atoms with van der Waals surface area (Å²) in [5.74, 6) is -0.0467. The first-order valence-corrected chi connectivity index (χ1v) is 6.63. The van der Waals surface area contributed by atoms with Crippen molar-refractivity contribution in [2.75, 3.05) is 0 Å². The van der Waals surface area contributed by atoms with Gasteiger partial charge in [0.05, 0.1) is 0 Å². The molecule has 0 radical (unpaired) electrons. The van der Waals surface area contributed by atoms with Gasteiger partial charge in [-0.1, -0.05) is 29.8 Å². The maximum absolute atomic E-state index is 12.1. The summed E-state index contributed by atoms with van der Waals surface area (Å²) >= 11 is 0. The van der Waals surface area contributed by atoms with Gasteiger partial charge in [0.1, 0.15) is 0 Å². The molecule has 1 heterocycles. The minimum Gasteiger partial charge on any atom is -0.361 e. The van der Waals surface area contributed by atoms with Gasteiger partial charge in [-0.3, -0.25) is 4.79 Å². The van der Waals surface area contributed by atoms with Crippen molar-refractivity contribution >= 4 is 16.8 Å². The van der Waals surface area contributed by atoms with Crippen molar-refractivity contribution in [3.8, 4) is 0 Å². The third kappa shape index (κ3) is 2.57. The molecule has 3 aromatic rings. The Morgan fingerprint density at radius 1 is 1.15 bits per heavy atom. The maximum Gasteiger partial charge on any atom is 0.251 e. The number of amides is 1. The lowest BCUT2D eigenvalue weighted by molar-refractivity contribution is 0.0951. The smallest absolute Gasteiger partial charge is 0.251 e. The number of aromatic amines is 1. The third-order valence-corrected chi connectivity index (χ3v) is 3.35. The van der Waals surface area contributed by atoms with Crippen molar-refractivity contribution < 1.29 is 4.79 Å². The molecule has 1 amide bonds. The molecule has 0 aliphatic carbocycles. The molecule has 0 saturated heterocycles. The molecule has 0 spiro atoms. The lowest BCUT2D eigenvalue weighted by atomic mass is 10.1. The highest BCUT2D eigenvalue weighted by Crippen LogP contribution is 2.14. The van der Waals surface area contributed by atoms with Crippen LogP contribution in [0, 0.1) is 6.92 Å². The van der Waals surface area contributed by atoms with E-state index in [1.165, 1.54) is 5.56 Å². The van der Waals surface area contributed by atoms with Gasteiger partial charge in [-0.15, -0.1) is 0 Å². The predicted molar refractivity (Wildman–Crippen MR) is 80.6 cm³/mol. The third-order valence-electron chi connectivity index (χ3n) is 3.35. The summed E-state index contributed by atoms with van der Waals surface area (Å²) in [4.78, 5) is 15.3. The summed E-state index contributed by atoms with van der Waals surface area (Å²) < 4.78 is 0. The highest BCUT2D eigenvalue weighted by molar-refractivity contribution is 5.98. The number of nitrogens with one attached hydrogen (secondary N) is 2. The summed E-state index contributed by atoms with van der Waals surface area (Å²) in [5, 5.41) is 4.00. The summed E-state index contributed by atoms with van der Waals surface area (Å²) in [6, 6.07) is 15.8. The number of carbonyl (C=O) groups is 1. The maximum atomic E-state index is 12.1. The zero-order valence-corrected chi connectivity index (χ0v) is 11.3. The molecule has 100 valence electrons. The Balaban J connectivity index is 1.72. The summed E-state index contributed by atoms with van der Waals surface area (Å²) in [5.41, 5.74) is 4.04. The van der Waals surface area contributed by atoms with E-state index in [1.807, 2.05) is 55.6 Å². The van der Waals surface area contributed by atoms with Gasteiger partial charge >= 0.3 is 0 Å². The average molecular weight is 264 g/mol. The summed E-state index contributed by atoms with van der Waals surface area (Å²) in [6.45, 7) is 2.59. The normalized spacial score (nSPS) is 10.7. The van der Waals surface area contributed by atoms with Gasteiger partial charge in [0, 0.05) is 29.2 Å². The highest BCUT2D eigenvalue weighted by Gasteiger charge is 2.06. The molecule has 1 aromatic heterocycles. The Labute approximate surface area is 117 Å². The first-order valence-electron chi connectivity index (χ1n) is 6.63. The first kappa shape index (κ1) is 12.5. The molecule has 0 aliphatic heterocycles. The number of aryl methyl sites for hydroxylation is 1. The number of rotatable bonds is 3. The van der Waals surface area contributed by atoms with E-state index < -0.39 is 0 Å². The lowest BCUT2D eigenvalue weighted by Crippen LogP contribution is -2.22. The molecule has 2 aromatic carbocycles. The first-order chi connectivity index (χ1) is 9.72. The Morgan fingerprint density at radius 3 is 2.90 bits per heavy atom. The summed E-state index contributed by atoms with van der Waals surface area (Å²) in [7, 11) is 0. The molecule has 3 nitrogen and oxygen atoms in total. The van der Waals surface area contributed by atoms with Crippen molar-refractivity contribution in [1.29, 1.82) is 0 Å². The number of aromatic nitrogens is 1. The van der Waals surface area contributed by atoms with Gasteiger partial charge in [0.15, 0.2) is 0 Å². The van der Waals surface area contributed by atoms with Crippen LogP contribution in [-0.4, -0.2) is 10.9 Å². The van der Waals surface area contributed by atoms with E-state index in [4.69, 9.17) is 0 Å². The molecule has 3 rings (SSSR count). The Morgan fingerprint density at radius 2 is 2.05 bits per heavy atom. The van der Waals surface area contributed by atoms with Crippen LogP contribution in [-0.2, 0) is 6.54 Å². The van der Waals surface area contributed by atoms with E-state index in [1.54, 1.807) is 0 Å². The van der Waals surface area contributed by atoms with Crippen molar-refractivity contribution in [3.63, 3.8) is 0 Å². The van der Waals surface area contributed by atoms with E-state index in [2.05, 4.69) is 16.4 Å². The second-order valence-electron chi connectivity index (χ2n) is 4.95. The fourth-order valence-corrected chi connectivity index (χ4v) is 2.30. The summed E-state index contributed by atoms with van der Waals surface area (Å²) in [6.07, 6.45) is 1.87. The Bertz CT molecular complexity index is 758. The number of fused-ring (bicyclic) bond motifs is 1. The lowest BCUT2D eigenvalue weighted by Gasteiger charge is -2.06. The van der Waals surface area contributed by atoms with E-state index in [9.17, 15) is 4.79 Å². The van der Waals surface area contributed by atoms with Crippen LogP contribution in [0.4, 0.5) is 0 Å². The molecule has 20 heavy (non-hydrogen) atoms. The number of H-pyrrole nitrogens is 1. The van der Waals surface area contributed by atoms with Crippen LogP contribution in [0.25, 0.3) is 10.9 Å². The van der Waals surface area contributed by atoms with Crippen molar-refractivity contribution in [3.05, 3.63) is 71.4 Å². The zero-order valence-electron chi connectivity index (χ0n) is 11.3. The van der Waals surface area contributed by atoms with Crippen LogP contribution in [0.1, 0.15) is 21.5 Å². The van der Waals surface area contributed by atoms with Crippen LogP contribution >= 0.6 is 0 Å². The fourth-order valence-electron chi connectivity index (χ4n) is 2.30. The molecule has 0 atom stereocenters. The second kappa shape index (κ2) is 5.21. The van der Waals surface area contributed by atoms with Gasteiger partial charge in [0.25, 0.3) is 5.91 Å². The minimum absolute atomic E-state index is 0.0467. The van der Waals surface area contributed by atoms with Crippen molar-refractivity contribution in [2.24, 2.45) is 0 Å². The Kier molecular flexibility index (Phi) is 3.25.